The van der Waals surface area contributed by atoms with Crippen molar-refractivity contribution < 1.29 is 9.66 Å². The molecular formula is C20H24N5O2+. The molecule has 2 aliphatic rings. The van der Waals surface area contributed by atoms with Gasteiger partial charge in [-0.2, -0.15) is 0 Å². The van der Waals surface area contributed by atoms with Crippen molar-refractivity contribution in [2.45, 2.75) is 45.3 Å². The number of hydrogen-bond acceptors (Lipinski definition) is 4. The first-order valence-electron chi connectivity index (χ1n) is 9.44. The van der Waals surface area contributed by atoms with Gasteiger partial charge >= 0.3 is 0 Å². The molecule has 0 radical (unpaired) electrons. The van der Waals surface area contributed by atoms with Gasteiger partial charge in [0.15, 0.2) is 0 Å². The van der Waals surface area contributed by atoms with Crippen LogP contribution in [-0.2, 0) is 24.3 Å². The van der Waals surface area contributed by atoms with Crippen LogP contribution in [0.1, 0.15) is 54.1 Å². The summed E-state index contributed by atoms with van der Waals surface area (Å²) < 4.78 is 0. The van der Waals surface area contributed by atoms with Gasteiger partial charge in [-0.25, -0.2) is 9.97 Å². The molecule has 0 saturated carbocycles. The SMILES string of the molecule is CCC(=O)N1Cc2nc(Cc3ccccc3)nc(C3CCN(C)[N+]3=O)c2C1. The minimum Gasteiger partial charge on any atom is -0.332 e. The van der Waals surface area contributed by atoms with Crippen LogP contribution < -0.4 is 0 Å². The lowest BCUT2D eigenvalue weighted by atomic mass is 10.0. The maximum Gasteiger partial charge on any atom is 0.278 e. The average molecular weight is 366 g/mol. The summed E-state index contributed by atoms with van der Waals surface area (Å²) >= 11 is 0. The molecule has 1 unspecified atom stereocenters. The van der Waals surface area contributed by atoms with Gasteiger partial charge in [0.25, 0.3) is 6.04 Å². The molecule has 1 fully saturated rings. The lowest BCUT2D eigenvalue weighted by Crippen LogP contribution is -2.25. The molecule has 7 nitrogen and oxygen atoms in total. The van der Waals surface area contributed by atoms with Crippen molar-refractivity contribution in [1.82, 2.24) is 19.9 Å². The van der Waals surface area contributed by atoms with Gasteiger partial charge in [0.05, 0.1) is 37.3 Å². The van der Waals surface area contributed by atoms with Crippen LogP contribution in [0.3, 0.4) is 0 Å². The van der Waals surface area contributed by atoms with Crippen LogP contribution in [0.5, 0.6) is 0 Å². The minimum absolute atomic E-state index is 0.103. The molecule has 140 valence electrons. The predicted molar refractivity (Wildman–Crippen MR) is 99.4 cm³/mol. The van der Waals surface area contributed by atoms with Crippen molar-refractivity contribution in [3.05, 3.63) is 63.6 Å². The number of benzene rings is 1. The van der Waals surface area contributed by atoms with Gasteiger partial charge < -0.3 is 4.90 Å². The Morgan fingerprint density at radius 2 is 2.00 bits per heavy atom. The quantitative estimate of drug-likeness (QED) is 0.777. The Hall–Kier alpha value is -2.83. The highest BCUT2D eigenvalue weighted by Crippen LogP contribution is 2.34. The first kappa shape index (κ1) is 17.6. The Bertz CT molecular complexity index is 883. The fourth-order valence-corrected chi connectivity index (χ4v) is 3.86. The highest BCUT2D eigenvalue weighted by Gasteiger charge is 2.43. The van der Waals surface area contributed by atoms with E-state index in [0.717, 1.165) is 33.8 Å². The zero-order valence-corrected chi connectivity index (χ0v) is 15.8. The van der Waals surface area contributed by atoms with Crippen LogP contribution in [-0.4, -0.2) is 44.2 Å². The van der Waals surface area contributed by atoms with E-state index in [1.54, 1.807) is 12.1 Å². The van der Waals surface area contributed by atoms with Crippen molar-refractivity contribution in [2.24, 2.45) is 0 Å². The molecule has 0 spiro atoms. The molecule has 3 heterocycles. The number of rotatable bonds is 4. The number of nitrogens with zero attached hydrogens (tertiary/aromatic N) is 5. The molecule has 1 saturated heterocycles. The van der Waals surface area contributed by atoms with E-state index < -0.39 is 0 Å². The number of carbonyl (C=O) groups excluding carboxylic acids is 1. The maximum absolute atomic E-state index is 12.5. The van der Waals surface area contributed by atoms with E-state index in [1.165, 1.54) is 0 Å². The third-order valence-corrected chi connectivity index (χ3v) is 5.37. The molecule has 0 N–H and O–H groups in total. The second-order valence-corrected chi connectivity index (χ2v) is 7.20. The largest absolute Gasteiger partial charge is 0.332 e. The standard InChI is InChI=1S/C20H24N5O2/c1-3-19(26)24-12-15-16(13-24)21-18(11-14-7-5-4-6-8-14)22-20(15)17-9-10-23(2)25(17)27/h4-8,17H,3,9-13H2,1-2H3/q+1. The van der Waals surface area contributed by atoms with Gasteiger partial charge in [0, 0.05) is 24.8 Å². The minimum atomic E-state index is -0.307. The monoisotopic (exact) mass is 366 g/mol. The van der Waals surface area contributed by atoms with E-state index in [2.05, 4.69) is 0 Å². The molecule has 2 aliphatic heterocycles. The highest BCUT2D eigenvalue weighted by atomic mass is 16.3. The molecule has 1 aromatic carbocycles. The first-order chi connectivity index (χ1) is 13.1. The Morgan fingerprint density at radius 1 is 1.22 bits per heavy atom. The second-order valence-electron chi connectivity index (χ2n) is 7.20. The van der Waals surface area contributed by atoms with E-state index in [0.29, 0.717) is 38.3 Å². The van der Waals surface area contributed by atoms with Gasteiger partial charge in [-0.05, 0) is 5.56 Å². The number of nitroso groups, excluding NO2 is 1. The number of aromatic nitrogens is 2. The van der Waals surface area contributed by atoms with Crippen molar-refractivity contribution in [3.63, 3.8) is 0 Å². The molecule has 0 bridgehead atoms. The summed E-state index contributed by atoms with van der Waals surface area (Å²) in [7, 11) is 1.80. The third-order valence-electron chi connectivity index (χ3n) is 5.37. The van der Waals surface area contributed by atoms with Gasteiger partial charge in [-0.15, -0.1) is 5.01 Å². The number of amides is 1. The smallest absolute Gasteiger partial charge is 0.278 e. The van der Waals surface area contributed by atoms with Gasteiger partial charge in [-0.1, -0.05) is 37.3 Å². The highest BCUT2D eigenvalue weighted by molar-refractivity contribution is 5.76. The molecule has 2 aromatic rings. The zero-order chi connectivity index (χ0) is 19.0. The van der Waals surface area contributed by atoms with E-state index in [4.69, 9.17) is 9.97 Å². The molecule has 1 atom stereocenters. The van der Waals surface area contributed by atoms with Crippen molar-refractivity contribution >= 4 is 5.91 Å². The van der Waals surface area contributed by atoms with Crippen LogP contribution in [0.2, 0.25) is 0 Å². The van der Waals surface area contributed by atoms with Crippen LogP contribution in [0.4, 0.5) is 0 Å². The molecule has 0 aliphatic carbocycles. The van der Waals surface area contributed by atoms with E-state index in [1.807, 2.05) is 42.2 Å². The molecular weight excluding hydrogens is 342 g/mol. The Labute approximate surface area is 158 Å². The first-order valence-corrected chi connectivity index (χ1v) is 9.44. The lowest BCUT2D eigenvalue weighted by Gasteiger charge is -2.13. The van der Waals surface area contributed by atoms with Crippen molar-refractivity contribution in [2.75, 3.05) is 13.6 Å². The number of carbonyl (C=O) groups is 1. The van der Waals surface area contributed by atoms with Gasteiger partial charge in [0.2, 0.25) is 5.91 Å². The van der Waals surface area contributed by atoms with E-state index in [9.17, 15) is 9.70 Å². The molecule has 4 rings (SSSR count). The van der Waals surface area contributed by atoms with Crippen LogP contribution in [0.15, 0.2) is 30.3 Å². The number of fused-ring (bicyclic) bond motifs is 1. The maximum atomic E-state index is 12.5. The van der Waals surface area contributed by atoms with E-state index in [-0.39, 0.29) is 11.9 Å². The normalized spacial score (nSPS) is 18.9. The summed E-state index contributed by atoms with van der Waals surface area (Å²) in [6, 6.07) is 9.76. The fraction of sp³-hybridized carbons (Fsp3) is 0.450. The summed E-state index contributed by atoms with van der Waals surface area (Å²) in [6.45, 7) is 3.57. The second kappa shape index (κ2) is 7.06. The molecule has 1 aromatic heterocycles. The Kier molecular flexibility index (Phi) is 4.59. The third kappa shape index (κ3) is 3.29. The van der Waals surface area contributed by atoms with Crippen molar-refractivity contribution in [3.8, 4) is 0 Å². The molecule has 27 heavy (non-hydrogen) atoms. The van der Waals surface area contributed by atoms with Crippen molar-refractivity contribution in [1.29, 1.82) is 0 Å². The van der Waals surface area contributed by atoms with Crippen LogP contribution in [0.25, 0.3) is 0 Å². The predicted octanol–water partition coefficient (Wildman–Crippen LogP) is 2.39. The topological polar surface area (TPSA) is 69.4 Å². The Balaban J connectivity index is 1.73. The summed E-state index contributed by atoms with van der Waals surface area (Å²) in [5.74, 6) is 0.815. The number of hydrazine groups is 1. The van der Waals surface area contributed by atoms with Gasteiger partial charge in [-0.3, -0.25) is 4.79 Å². The summed E-state index contributed by atoms with van der Waals surface area (Å²) in [5.41, 5.74) is 3.76. The molecule has 1 amide bonds. The fourth-order valence-electron chi connectivity index (χ4n) is 3.86. The average Bonchev–Trinajstić information content (AvgIpc) is 3.25. The summed E-state index contributed by atoms with van der Waals surface area (Å²) in [5, 5.41) is 1.68. The summed E-state index contributed by atoms with van der Waals surface area (Å²) in [6.07, 6.45) is 1.81. The van der Waals surface area contributed by atoms with Crippen LogP contribution in [0, 0.1) is 4.91 Å². The molecule has 7 heteroatoms. The lowest BCUT2D eigenvalue weighted by molar-refractivity contribution is -0.711. The summed E-state index contributed by atoms with van der Waals surface area (Å²) in [4.78, 5) is 37.1. The van der Waals surface area contributed by atoms with E-state index >= 15 is 0 Å². The zero-order valence-electron chi connectivity index (χ0n) is 15.8. The van der Waals surface area contributed by atoms with Crippen LogP contribution >= 0.6 is 0 Å². The number of hydrogen-bond donors (Lipinski definition) is 0. The van der Waals surface area contributed by atoms with Gasteiger partial charge in [0.1, 0.15) is 16.4 Å². The Morgan fingerprint density at radius 3 is 2.67 bits per heavy atom.